The van der Waals surface area contributed by atoms with Crippen LogP contribution in [-0.2, 0) is 0 Å². The molecule has 0 aliphatic rings. The normalized spacial score (nSPS) is 11.4. The Morgan fingerprint density at radius 3 is 2.23 bits per heavy atom. The molecule has 0 saturated heterocycles. The minimum Gasteiger partial charge on any atom is -0.497 e. The minimum absolute atomic E-state index is 0.355. The molecule has 2 rings (SSSR count). The lowest BCUT2D eigenvalue weighted by Crippen LogP contribution is -2.39. The largest absolute Gasteiger partial charge is 0.497 e. The van der Waals surface area contributed by atoms with Crippen molar-refractivity contribution in [2.24, 2.45) is 0 Å². The Morgan fingerprint density at radius 1 is 1.05 bits per heavy atom. The Bertz CT molecular complexity index is 614. The van der Waals surface area contributed by atoms with Crippen molar-refractivity contribution in [2.45, 2.75) is 13.2 Å². The summed E-state index contributed by atoms with van der Waals surface area (Å²) >= 11 is 5.80. The lowest BCUT2D eigenvalue weighted by atomic mass is 10.3. The predicted octanol–water partition coefficient (Wildman–Crippen LogP) is 3.90. The molecule has 0 heterocycles. The Labute approximate surface area is 134 Å². The topological polar surface area (TPSA) is 59.6 Å². The van der Waals surface area contributed by atoms with Crippen molar-refractivity contribution in [2.75, 3.05) is 12.4 Å². The zero-order valence-electron chi connectivity index (χ0n) is 12.3. The number of methoxy groups -OCH3 is 1. The molecule has 1 atom stereocenters. The zero-order valence-corrected chi connectivity index (χ0v) is 13.1. The summed E-state index contributed by atoms with van der Waals surface area (Å²) in [6.45, 7) is 1.74. The van der Waals surface area contributed by atoms with Gasteiger partial charge in [-0.1, -0.05) is 11.6 Å². The Kier molecular flexibility index (Phi) is 5.49. The molecular weight excluding hydrogens is 304 g/mol. The van der Waals surface area contributed by atoms with E-state index in [0.29, 0.717) is 16.5 Å². The molecule has 0 spiro atoms. The summed E-state index contributed by atoms with van der Waals surface area (Å²) in [7, 11) is 1.59. The summed E-state index contributed by atoms with van der Waals surface area (Å²) < 4.78 is 10.6. The van der Waals surface area contributed by atoms with Gasteiger partial charge in [0, 0.05) is 10.7 Å². The van der Waals surface area contributed by atoms with Gasteiger partial charge in [-0.3, -0.25) is 0 Å². The van der Waals surface area contributed by atoms with E-state index in [1.54, 1.807) is 62.6 Å². The van der Waals surface area contributed by atoms with Crippen molar-refractivity contribution in [3.05, 3.63) is 53.6 Å². The van der Waals surface area contributed by atoms with E-state index in [0.717, 1.165) is 5.75 Å². The van der Waals surface area contributed by atoms with Gasteiger partial charge in [-0.15, -0.1) is 0 Å². The number of urea groups is 1. The standard InChI is InChI=1S/C16H17ClN2O3/c1-11(22-15-7-3-12(17)4-8-15)18-16(20)19-13-5-9-14(21-2)10-6-13/h3-11H,1-2H3,(H2,18,19,20). The third-order valence-corrected chi connectivity index (χ3v) is 3.06. The molecule has 0 bridgehead atoms. The van der Waals surface area contributed by atoms with E-state index in [1.807, 2.05) is 0 Å². The number of hydrogen-bond acceptors (Lipinski definition) is 3. The highest BCUT2D eigenvalue weighted by Gasteiger charge is 2.08. The molecule has 2 N–H and O–H groups in total. The van der Waals surface area contributed by atoms with Crippen LogP contribution in [0.15, 0.2) is 48.5 Å². The number of anilines is 1. The van der Waals surface area contributed by atoms with Crippen molar-refractivity contribution in [3.63, 3.8) is 0 Å². The fourth-order valence-corrected chi connectivity index (χ4v) is 1.90. The lowest BCUT2D eigenvalue weighted by molar-refractivity contribution is 0.183. The van der Waals surface area contributed by atoms with Crippen molar-refractivity contribution in [1.29, 1.82) is 0 Å². The van der Waals surface area contributed by atoms with Gasteiger partial charge in [-0.25, -0.2) is 4.79 Å². The third kappa shape index (κ3) is 4.86. The highest BCUT2D eigenvalue weighted by Crippen LogP contribution is 2.17. The second kappa shape index (κ2) is 7.56. The van der Waals surface area contributed by atoms with Gasteiger partial charge < -0.3 is 20.1 Å². The SMILES string of the molecule is COc1ccc(NC(=O)NC(C)Oc2ccc(Cl)cc2)cc1. The van der Waals surface area contributed by atoms with Crippen molar-refractivity contribution >= 4 is 23.3 Å². The first kappa shape index (κ1) is 16.0. The second-order valence-corrected chi connectivity index (χ2v) is 4.98. The lowest BCUT2D eigenvalue weighted by Gasteiger charge is -2.17. The number of rotatable bonds is 5. The minimum atomic E-state index is -0.487. The summed E-state index contributed by atoms with van der Waals surface area (Å²) in [4.78, 5) is 11.9. The van der Waals surface area contributed by atoms with Crippen LogP contribution in [0.5, 0.6) is 11.5 Å². The molecule has 2 aromatic rings. The molecule has 0 radical (unpaired) electrons. The summed E-state index contributed by atoms with van der Waals surface area (Å²) in [5.41, 5.74) is 0.664. The Morgan fingerprint density at radius 2 is 1.64 bits per heavy atom. The maximum absolute atomic E-state index is 11.9. The number of benzene rings is 2. The highest BCUT2D eigenvalue weighted by molar-refractivity contribution is 6.30. The van der Waals surface area contributed by atoms with Gasteiger partial charge in [0.05, 0.1) is 7.11 Å². The van der Waals surface area contributed by atoms with E-state index in [-0.39, 0.29) is 6.03 Å². The first-order valence-electron chi connectivity index (χ1n) is 6.70. The van der Waals surface area contributed by atoms with Gasteiger partial charge in [0.1, 0.15) is 11.5 Å². The number of carbonyl (C=O) groups excluding carboxylic acids is 1. The molecular formula is C16H17ClN2O3. The predicted molar refractivity (Wildman–Crippen MR) is 86.7 cm³/mol. The molecule has 1 unspecified atom stereocenters. The maximum Gasteiger partial charge on any atom is 0.322 e. The molecule has 0 aromatic heterocycles. The molecule has 0 fully saturated rings. The first-order valence-corrected chi connectivity index (χ1v) is 7.08. The quantitative estimate of drug-likeness (QED) is 0.821. The van der Waals surface area contributed by atoms with Gasteiger partial charge in [0.25, 0.3) is 0 Å². The molecule has 5 nitrogen and oxygen atoms in total. The van der Waals surface area contributed by atoms with E-state index < -0.39 is 6.23 Å². The van der Waals surface area contributed by atoms with Crippen LogP contribution in [0.2, 0.25) is 5.02 Å². The molecule has 0 aliphatic carbocycles. The van der Waals surface area contributed by atoms with Gasteiger partial charge >= 0.3 is 6.03 Å². The molecule has 116 valence electrons. The van der Waals surface area contributed by atoms with Gasteiger partial charge in [-0.05, 0) is 55.5 Å². The fraction of sp³-hybridized carbons (Fsp3) is 0.188. The van der Waals surface area contributed by atoms with Crippen LogP contribution in [0.1, 0.15) is 6.92 Å². The van der Waals surface area contributed by atoms with Crippen molar-refractivity contribution in [1.82, 2.24) is 5.32 Å². The molecule has 6 heteroatoms. The average Bonchev–Trinajstić information content (AvgIpc) is 2.50. The summed E-state index contributed by atoms with van der Waals surface area (Å²) in [5.74, 6) is 1.35. The van der Waals surface area contributed by atoms with E-state index in [9.17, 15) is 4.79 Å². The zero-order chi connectivity index (χ0) is 15.9. The molecule has 0 saturated carbocycles. The van der Waals surface area contributed by atoms with E-state index in [1.165, 1.54) is 0 Å². The second-order valence-electron chi connectivity index (χ2n) is 4.54. The number of halogens is 1. The van der Waals surface area contributed by atoms with Crippen LogP contribution in [-0.4, -0.2) is 19.4 Å². The summed E-state index contributed by atoms with van der Waals surface area (Å²) in [5, 5.41) is 6.03. The summed E-state index contributed by atoms with van der Waals surface area (Å²) in [6, 6.07) is 13.6. The van der Waals surface area contributed by atoms with E-state index in [2.05, 4.69) is 10.6 Å². The van der Waals surface area contributed by atoms with Crippen molar-refractivity contribution < 1.29 is 14.3 Å². The van der Waals surface area contributed by atoms with Crippen LogP contribution >= 0.6 is 11.6 Å². The fourth-order valence-electron chi connectivity index (χ4n) is 1.77. The monoisotopic (exact) mass is 320 g/mol. The number of hydrogen-bond donors (Lipinski definition) is 2. The van der Waals surface area contributed by atoms with E-state index >= 15 is 0 Å². The maximum atomic E-state index is 11.9. The molecule has 0 aliphatic heterocycles. The van der Waals surface area contributed by atoms with Crippen LogP contribution < -0.4 is 20.1 Å². The third-order valence-electron chi connectivity index (χ3n) is 2.81. The Hall–Kier alpha value is -2.40. The highest BCUT2D eigenvalue weighted by atomic mass is 35.5. The summed E-state index contributed by atoms with van der Waals surface area (Å²) in [6.07, 6.45) is -0.487. The first-order chi connectivity index (χ1) is 10.6. The number of carbonyl (C=O) groups is 1. The van der Waals surface area contributed by atoms with Gasteiger partial charge in [0.2, 0.25) is 0 Å². The van der Waals surface area contributed by atoms with Gasteiger partial charge in [-0.2, -0.15) is 0 Å². The van der Waals surface area contributed by atoms with Crippen molar-refractivity contribution in [3.8, 4) is 11.5 Å². The average molecular weight is 321 g/mol. The van der Waals surface area contributed by atoms with E-state index in [4.69, 9.17) is 21.1 Å². The Balaban J connectivity index is 1.83. The van der Waals surface area contributed by atoms with Crippen LogP contribution in [0.3, 0.4) is 0 Å². The number of nitrogens with one attached hydrogen (secondary N) is 2. The molecule has 2 aromatic carbocycles. The van der Waals surface area contributed by atoms with Crippen LogP contribution in [0.25, 0.3) is 0 Å². The van der Waals surface area contributed by atoms with Crippen LogP contribution in [0.4, 0.5) is 10.5 Å². The van der Waals surface area contributed by atoms with Crippen LogP contribution in [0, 0.1) is 0 Å². The molecule has 2 amide bonds. The smallest absolute Gasteiger partial charge is 0.322 e. The number of ether oxygens (including phenoxy) is 2. The molecule has 22 heavy (non-hydrogen) atoms. The van der Waals surface area contributed by atoms with Gasteiger partial charge in [0.15, 0.2) is 6.23 Å². The number of amides is 2.